The standard InChI is InChI=1S/C22H24N2O2/c1-22-19-14-23(12-16-8-4-2-5-9-16)13-18(19)21(25)24(22)20(15-26-22)17-10-6-3-7-11-17/h2-11,18-20H,12-15H2,1H3/t18-,19+,20-,22-/m1/s1. The monoisotopic (exact) mass is 348 g/mol. The number of ether oxygens (including phenoxy) is 1. The quantitative estimate of drug-likeness (QED) is 0.855. The molecule has 0 spiro atoms. The highest BCUT2D eigenvalue weighted by molar-refractivity contribution is 5.84. The topological polar surface area (TPSA) is 32.8 Å². The molecule has 3 aliphatic heterocycles. The van der Waals surface area contributed by atoms with Crippen LogP contribution < -0.4 is 0 Å². The second-order valence-corrected chi connectivity index (χ2v) is 7.89. The van der Waals surface area contributed by atoms with E-state index in [9.17, 15) is 4.79 Å². The summed E-state index contributed by atoms with van der Waals surface area (Å²) in [5.74, 6) is 0.557. The minimum atomic E-state index is -0.478. The van der Waals surface area contributed by atoms with Crippen LogP contribution >= 0.6 is 0 Å². The van der Waals surface area contributed by atoms with E-state index in [4.69, 9.17) is 4.74 Å². The molecule has 5 rings (SSSR count). The average molecular weight is 348 g/mol. The molecule has 4 atom stereocenters. The van der Waals surface area contributed by atoms with Crippen LogP contribution in [-0.2, 0) is 16.1 Å². The molecule has 0 saturated carbocycles. The molecule has 2 aromatic carbocycles. The highest BCUT2D eigenvalue weighted by atomic mass is 16.5. The summed E-state index contributed by atoms with van der Waals surface area (Å²) in [6.45, 7) is 5.35. The van der Waals surface area contributed by atoms with Gasteiger partial charge in [-0.3, -0.25) is 9.69 Å². The Bertz CT molecular complexity index is 809. The van der Waals surface area contributed by atoms with Crippen molar-refractivity contribution in [2.75, 3.05) is 19.7 Å². The summed E-state index contributed by atoms with van der Waals surface area (Å²) in [6, 6.07) is 20.8. The molecule has 0 N–H and O–H groups in total. The van der Waals surface area contributed by atoms with Crippen molar-refractivity contribution < 1.29 is 9.53 Å². The van der Waals surface area contributed by atoms with Crippen molar-refractivity contribution in [3.8, 4) is 0 Å². The van der Waals surface area contributed by atoms with E-state index in [1.165, 1.54) is 11.1 Å². The van der Waals surface area contributed by atoms with Crippen LogP contribution in [0.25, 0.3) is 0 Å². The van der Waals surface area contributed by atoms with Crippen molar-refractivity contribution in [3.63, 3.8) is 0 Å². The van der Waals surface area contributed by atoms with Crippen LogP contribution in [0, 0.1) is 11.8 Å². The molecule has 4 heteroatoms. The fourth-order valence-corrected chi connectivity index (χ4v) is 5.11. The molecule has 0 bridgehead atoms. The molecule has 3 heterocycles. The largest absolute Gasteiger partial charge is 0.353 e. The zero-order valence-corrected chi connectivity index (χ0v) is 15.0. The van der Waals surface area contributed by atoms with Gasteiger partial charge in [0.05, 0.1) is 18.6 Å². The van der Waals surface area contributed by atoms with Gasteiger partial charge in [0.25, 0.3) is 0 Å². The van der Waals surface area contributed by atoms with Crippen molar-refractivity contribution in [3.05, 3.63) is 71.8 Å². The van der Waals surface area contributed by atoms with Crippen LogP contribution in [-0.4, -0.2) is 41.1 Å². The lowest BCUT2D eigenvalue weighted by molar-refractivity contribution is -0.141. The van der Waals surface area contributed by atoms with Crippen molar-refractivity contribution in [1.29, 1.82) is 0 Å². The van der Waals surface area contributed by atoms with Gasteiger partial charge in [-0.05, 0) is 18.1 Å². The van der Waals surface area contributed by atoms with Gasteiger partial charge in [-0.25, -0.2) is 0 Å². The zero-order valence-electron chi connectivity index (χ0n) is 15.0. The van der Waals surface area contributed by atoms with Gasteiger partial charge in [0.1, 0.15) is 5.72 Å². The van der Waals surface area contributed by atoms with Gasteiger partial charge < -0.3 is 9.64 Å². The van der Waals surface area contributed by atoms with Crippen LogP contribution in [0.2, 0.25) is 0 Å². The Morgan fingerprint density at radius 2 is 1.73 bits per heavy atom. The first-order valence-electron chi connectivity index (χ1n) is 9.45. The Morgan fingerprint density at radius 3 is 2.46 bits per heavy atom. The van der Waals surface area contributed by atoms with E-state index in [1.807, 2.05) is 29.2 Å². The normalized spacial score (nSPS) is 33.5. The molecule has 26 heavy (non-hydrogen) atoms. The predicted molar refractivity (Wildman–Crippen MR) is 99.1 cm³/mol. The number of amides is 1. The lowest BCUT2D eigenvalue weighted by Gasteiger charge is -2.34. The number of benzene rings is 2. The van der Waals surface area contributed by atoms with E-state index in [0.717, 1.165) is 19.6 Å². The summed E-state index contributed by atoms with van der Waals surface area (Å²) in [5.41, 5.74) is 2.00. The molecule has 0 aliphatic carbocycles. The van der Waals surface area contributed by atoms with Crippen LogP contribution in [0.4, 0.5) is 0 Å². The Morgan fingerprint density at radius 1 is 1.04 bits per heavy atom. The second-order valence-electron chi connectivity index (χ2n) is 7.89. The minimum absolute atomic E-state index is 0.0434. The Hall–Kier alpha value is -2.17. The Kier molecular flexibility index (Phi) is 3.66. The molecule has 2 aromatic rings. The van der Waals surface area contributed by atoms with Gasteiger partial charge in [-0.15, -0.1) is 0 Å². The number of fused-ring (bicyclic) bond motifs is 3. The highest BCUT2D eigenvalue weighted by Gasteiger charge is 2.64. The number of hydrogen-bond donors (Lipinski definition) is 0. The fraction of sp³-hybridized carbons (Fsp3) is 0.409. The molecule has 3 aliphatic rings. The summed E-state index contributed by atoms with van der Waals surface area (Å²) in [5, 5.41) is 0. The molecule has 4 nitrogen and oxygen atoms in total. The molecule has 0 aromatic heterocycles. The Labute approximate surface area is 154 Å². The number of carbonyl (C=O) groups is 1. The first-order chi connectivity index (χ1) is 12.7. The predicted octanol–water partition coefficient (Wildman–Crippen LogP) is 3.06. The van der Waals surface area contributed by atoms with Gasteiger partial charge in [-0.2, -0.15) is 0 Å². The van der Waals surface area contributed by atoms with E-state index in [2.05, 4.69) is 48.2 Å². The first kappa shape index (κ1) is 16.0. The van der Waals surface area contributed by atoms with E-state index in [0.29, 0.717) is 6.61 Å². The molecular weight excluding hydrogens is 324 g/mol. The number of rotatable bonds is 3. The van der Waals surface area contributed by atoms with Crippen LogP contribution in [0.3, 0.4) is 0 Å². The summed E-state index contributed by atoms with van der Waals surface area (Å²) in [6.07, 6.45) is 0. The SMILES string of the molecule is C[C@]12OC[C@H](c3ccccc3)N1C(=O)[C@@H]1CN(Cc3ccccc3)C[C@@H]12. The first-order valence-corrected chi connectivity index (χ1v) is 9.45. The molecule has 3 fully saturated rings. The van der Waals surface area contributed by atoms with E-state index >= 15 is 0 Å². The number of nitrogens with zero attached hydrogens (tertiary/aromatic N) is 2. The van der Waals surface area contributed by atoms with Gasteiger partial charge in [0, 0.05) is 25.6 Å². The highest BCUT2D eigenvalue weighted by Crippen LogP contribution is 2.52. The second kappa shape index (κ2) is 5.93. The summed E-state index contributed by atoms with van der Waals surface area (Å²) < 4.78 is 6.29. The van der Waals surface area contributed by atoms with E-state index in [1.54, 1.807) is 0 Å². The number of carbonyl (C=O) groups excluding carboxylic acids is 1. The third-order valence-corrected chi connectivity index (χ3v) is 6.39. The number of likely N-dealkylation sites (tertiary alicyclic amines) is 1. The lowest BCUT2D eigenvalue weighted by Crippen LogP contribution is -2.45. The fourth-order valence-electron chi connectivity index (χ4n) is 5.11. The maximum absolute atomic E-state index is 13.3. The smallest absolute Gasteiger partial charge is 0.230 e. The lowest BCUT2D eigenvalue weighted by atomic mass is 9.92. The third kappa shape index (κ3) is 2.32. The molecular formula is C22H24N2O2. The van der Waals surface area contributed by atoms with Gasteiger partial charge in [-0.1, -0.05) is 60.7 Å². The maximum atomic E-state index is 13.3. The van der Waals surface area contributed by atoms with Crippen molar-refractivity contribution in [2.45, 2.75) is 25.2 Å². The zero-order chi connectivity index (χ0) is 17.7. The molecule has 0 unspecified atom stereocenters. The third-order valence-electron chi connectivity index (χ3n) is 6.39. The van der Waals surface area contributed by atoms with Crippen molar-refractivity contribution in [1.82, 2.24) is 9.80 Å². The molecule has 0 radical (unpaired) electrons. The number of hydrogen-bond acceptors (Lipinski definition) is 3. The minimum Gasteiger partial charge on any atom is -0.353 e. The maximum Gasteiger partial charge on any atom is 0.230 e. The van der Waals surface area contributed by atoms with Crippen LogP contribution in [0.1, 0.15) is 24.1 Å². The molecule has 134 valence electrons. The van der Waals surface area contributed by atoms with Crippen molar-refractivity contribution in [2.24, 2.45) is 11.8 Å². The molecule has 1 amide bonds. The van der Waals surface area contributed by atoms with Crippen LogP contribution in [0.15, 0.2) is 60.7 Å². The summed E-state index contributed by atoms with van der Waals surface area (Å²) in [4.78, 5) is 17.7. The Balaban J connectivity index is 1.38. The summed E-state index contributed by atoms with van der Waals surface area (Å²) >= 11 is 0. The average Bonchev–Trinajstić information content (AvgIpc) is 3.29. The van der Waals surface area contributed by atoms with E-state index < -0.39 is 5.72 Å². The van der Waals surface area contributed by atoms with E-state index in [-0.39, 0.29) is 23.8 Å². The van der Waals surface area contributed by atoms with Crippen molar-refractivity contribution >= 4 is 5.91 Å². The van der Waals surface area contributed by atoms with Gasteiger partial charge in [0.2, 0.25) is 5.91 Å². The summed E-state index contributed by atoms with van der Waals surface area (Å²) in [7, 11) is 0. The van der Waals surface area contributed by atoms with Crippen LogP contribution in [0.5, 0.6) is 0 Å². The van der Waals surface area contributed by atoms with Gasteiger partial charge >= 0.3 is 0 Å². The molecule has 3 saturated heterocycles. The van der Waals surface area contributed by atoms with Gasteiger partial charge in [0.15, 0.2) is 0 Å².